The highest BCUT2D eigenvalue weighted by Crippen LogP contribution is 2.29. The van der Waals surface area contributed by atoms with Gasteiger partial charge in [-0.25, -0.2) is 4.79 Å². The van der Waals surface area contributed by atoms with Crippen LogP contribution in [-0.2, 0) is 4.74 Å². The second-order valence-corrected chi connectivity index (χ2v) is 3.16. The zero-order valence-electron chi connectivity index (χ0n) is 6.04. The molecule has 2 rings (SSSR count). The summed E-state index contributed by atoms with van der Waals surface area (Å²) in [5.74, 6) is 0.226. The maximum atomic E-state index is 11.2. The Hall–Kier alpha value is -1.03. The van der Waals surface area contributed by atoms with Gasteiger partial charge in [0.25, 0.3) is 0 Å². The average Bonchev–Trinajstić information content (AvgIpc) is 2.04. The van der Waals surface area contributed by atoms with Gasteiger partial charge in [-0.15, -0.1) is 0 Å². The summed E-state index contributed by atoms with van der Waals surface area (Å²) in [5.41, 5.74) is 0.462. The molecule has 62 valence electrons. The van der Waals surface area contributed by atoms with E-state index in [-0.39, 0.29) is 12.8 Å². The number of hydrogen-bond donors (Lipinski definition) is 0. The normalized spacial score (nSPS) is 14.6. The van der Waals surface area contributed by atoms with Crippen LogP contribution in [0, 0.1) is 0 Å². The van der Waals surface area contributed by atoms with Gasteiger partial charge in [0.15, 0.2) is 0 Å². The smallest absolute Gasteiger partial charge is 0.345 e. The Kier molecular flexibility index (Phi) is 1.77. The summed E-state index contributed by atoms with van der Waals surface area (Å²) in [7, 11) is 0. The highest BCUT2D eigenvalue weighted by molar-refractivity contribution is 9.10. The van der Waals surface area contributed by atoms with Crippen LogP contribution in [0.2, 0.25) is 0 Å². The number of esters is 1. The molecule has 0 spiro atoms. The van der Waals surface area contributed by atoms with Crippen molar-refractivity contribution in [3.63, 3.8) is 0 Å². The molecule has 1 aromatic rings. The minimum absolute atomic E-state index is 0.00227. The third kappa shape index (κ3) is 1.08. The van der Waals surface area contributed by atoms with E-state index in [4.69, 9.17) is 9.47 Å². The van der Waals surface area contributed by atoms with Crippen molar-refractivity contribution in [3.8, 4) is 5.75 Å². The zero-order valence-corrected chi connectivity index (χ0v) is 7.63. The van der Waals surface area contributed by atoms with E-state index in [1.54, 1.807) is 12.1 Å². The molecule has 1 heterocycles. The van der Waals surface area contributed by atoms with Crippen LogP contribution in [-0.4, -0.2) is 12.8 Å². The standard InChI is InChI=1S/C8H5BrO3/c9-5-2-1-3-6-7(5)8(10)12-4-11-6/h1-3H,4H2. The third-order valence-corrected chi connectivity index (χ3v) is 2.24. The Morgan fingerprint density at radius 1 is 1.33 bits per heavy atom. The van der Waals surface area contributed by atoms with Crippen LogP contribution in [0.1, 0.15) is 10.4 Å². The molecule has 12 heavy (non-hydrogen) atoms. The molecule has 0 atom stereocenters. The van der Waals surface area contributed by atoms with Crippen LogP contribution in [0.5, 0.6) is 5.75 Å². The molecule has 0 aliphatic carbocycles. The van der Waals surface area contributed by atoms with Crippen molar-refractivity contribution in [1.29, 1.82) is 0 Å². The maximum absolute atomic E-state index is 11.2. The van der Waals surface area contributed by atoms with E-state index >= 15 is 0 Å². The van der Waals surface area contributed by atoms with Crippen LogP contribution in [0.25, 0.3) is 0 Å². The molecule has 0 saturated carbocycles. The molecule has 0 amide bonds. The lowest BCUT2D eigenvalue weighted by molar-refractivity contribution is 0.00472. The third-order valence-electron chi connectivity index (χ3n) is 1.58. The topological polar surface area (TPSA) is 35.5 Å². The van der Waals surface area contributed by atoms with Crippen molar-refractivity contribution in [2.24, 2.45) is 0 Å². The van der Waals surface area contributed by atoms with Crippen molar-refractivity contribution in [2.75, 3.05) is 6.79 Å². The summed E-state index contributed by atoms with van der Waals surface area (Å²) in [6.07, 6.45) is 0. The van der Waals surface area contributed by atoms with E-state index < -0.39 is 0 Å². The number of rotatable bonds is 0. The molecule has 1 aromatic carbocycles. The molecule has 0 fully saturated rings. The quantitative estimate of drug-likeness (QED) is 0.638. The zero-order chi connectivity index (χ0) is 8.55. The number of carbonyl (C=O) groups is 1. The SMILES string of the molecule is O=C1OCOc2cccc(Br)c21. The van der Waals surface area contributed by atoms with Crippen molar-refractivity contribution in [3.05, 3.63) is 28.2 Å². The fraction of sp³-hybridized carbons (Fsp3) is 0.125. The van der Waals surface area contributed by atoms with Crippen molar-refractivity contribution < 1.29 is 14.3 Å². The molecule has 3 nitrogen and oxygen atoms in total. The van der Waals surface area contributed by atoms with E-state index in [1.807, 2.05) is 6.07 Å². The van der Waals surface area contributed by atoms with Crippen LogP contribution in [0.3, 0.4) is 0 Å². The van der Waals surface area contributed by atoms with Crippen molar-refractivity contribution >= 4 is 21.9 Å². The largest absolute Gasteiger partial charge is 0.456 e. The van der Waals surface area contributed by atoms with Crippen LogP contribution < -0.4 is 4.74 Å². The summed E-state index contributed by atoms with van der Waals surface area (Å²) in [6.45, 7) is 0.00227. The van der Waals surface area contributed by atoms with E-state index in [1.165, 1.54) is 0 Å². The van der Waals surface area contributed by atoms with Gasteiger partial charge in [-0.05, 0) is 28.1 Å². The Balaban J connectivity index is 2.60. The number of carbonyl (C=O) groups excluding carboxylic acids is 1. The predicted octanol–water partition coefficient (Wildman–Crippen LogP) is 1.96. The monoisotopic (exact) mass is 228 g/mol. The molecule has 4 heteroatoms. The van der Waals surface area contributed by atoms with Crippen LogP contribution in [0.15, 0.2) is 22.7 Å². The van der Waals surface area contributed by atoms with Crippen LogP contribution >= 0.6 is 15.9 Å². The van der Waals surface area contributed by atoms with Gasteiger partial charge in [0, 0.05) is 4.47 Å². The van der Waals surface area contributed by atoms with Crippen LogP contribution in [0.4, 0.5) is 0 Å². The van der Waals surface area contributed by atoms with Gasteiger partial charge in [-0.1, -0.05) is 6.07 Å². The molecule has 0 bridgehead atoms. The van der Waals surface area contributed by atoms with Gasteiger partial charge in [-0.2, -0.15) is 0 Å². The fourth-order valence-corrected chi connectivity index (χ4v) is 1.55. The molecule has 0 unspecified atom stereocenters. The van der Waals surface area contributed by atoms with E-state index in [0.29, 0.717) is 15.8 Å². The summed E-state index contributed by atoms with van der Waals surface area (Å²) in [5, 5.41) is 0. The molecule has 1 aliphatic heterocycles. The van der Waals surface area contributed by atoms with Crippen molar-refractivity contribution in [2.45, 2.75) is 0 Å². The minimum atomic E-state index is -0.344. The average molecular weight is 229 g/mol. The Labute approximate surface area is 77.4 Å². The number of fused-ring (bicyclic) bond motifs is 1. The fourth-order valence-electron chi connectivity index (χ4n) is 1.04. The van der Waals surface area contributed by atoms with E-state index in [9.17, 15) is 4.79 Å². The molecular formula is C8H5BrO3. The second-order valence-electron chi connectivity index (χ2n) is 2.31. The lowest BCUT2D eigenvalue weighted by Gasteiger charge is -2.17. The van der Waals surface area contributed by atoms with Gasteiger partial charge in [-0.3, -0.25) is 0 Å². The Bertz CT molecular complexity index is 335. The first-order valence-electron chi connectivity index (χ1n) is 3.37. The molecule has 1 aliphatic rings. The van der Waals surface area contributed by atoms with Gasteiger partial charge >= 0.3 is 5.97 Å². The number of cyclic esters (lactones) is 1. The minimum Gasteiger partial charge on any atom is -0.456 e. The summed E-state index contributed by atoms with van der Waals surface area (Å²) in [4.78, 5) is 11.2. The number of benzene rings is 1. The summed E-state index contributed by atoms with van der Waals surface area (Å²) < 4.78 is 10.5. The first-order valence-corrected chi connectivity index (χ1v) is 4.17. The van der Waals surface area contributed by atoms with E-state index in [0.717, 1.165) is 0 Å². The van der Waals surface area contributed by atoms with Gasteiger partial charge in [0.05, 0.1) is 0 Å². The van der Waals surface area contributed by atoms with Gasteiger partial charge in [0.1, 0.15) is 11.3 Å². The molecular weight excluding hydrogens is 224 g/mol. The lowest BCUT2D eigenvalue weighted by atomic mass is 10.2. The Morgan fingerprint density at radius 3 is 2.92 bits per heavy atom. The van der Waals surface area contributed by atoms with Gasteiger partial charge < -0.3 is 9.47 Å². The predicted molar refractivity (Wildman–Crippen MR) is 45.1 cm³/mol. The highest BCUT2D eigenvalue weighted by Gasteiger charge is 2.21. The number of ether oxygens (including phenoxy) is 2. The number of halogens is 1. The summed E-state index contributed by atoms with van der Waals surface area (Å²) >= 11 is 3.24. The highest BCUT2D eigenvalue weighted by atomic mass is 79.9. The molecule has 0 aromatic heterocycles. The molecule has 0 radical (unpaired) electrons. The van der Waals surface area contributed by atoms with Gasteiger partial charge in [0.2, 0.25) is 6.79 Å². The maximum Gasteiger partial charge on any atom is 0.345 e. The lowest BCUT2D eigenvalue weighted by Crippen LogP contribution is -2.18. The first-order chi connectivity index (χ1) is 5.79. The Morgan fingerprint density at radius 2 is 2.17 bits per heavy atom. The first kappa shape index (κ1) is 7.61. The molecule has 0 N–H and O–H groups in total. The molecule has 0 saturated heterocycles. The van der Waals surface area contributed by atoms with E-state index in [2.05, 4.69) is 15.9 Å². The van der Waals surface area contributed by atoms with Crippen molar-refractivity contribution in [1.82, 2.24) is 0 Å². The second kappa shape index (κ2) is 2.79. The number of hydrogen-bond acceptors (Lipinski definition) is 3. The summed E-state index contributed by atoms with van der Waals surface area (Å²) in [6, 6.07) is 5.32.